The first kappa shape index (κ1) is 11.2. The summed E-state index contributed by atoms with van der Waals surface area (Å²) in [6, 6.07) is 1.80. The van der Waals surface area contributed by atoms with Crippen LogP contribution >= 0.6 is 15.9 Å². The molecule has 2 heterocycles. The average Bonchev–Trinajstić information content (AvgIpc) is 2.77. The van der Waals surface area contributed by atoms with Crippen molar-refractivity contribution in [2.24, 2.45) is 5.73 Å². The maximum Gasteiger partial charge on any atom is 0.257 e. The molecule has 0 fully saturated rings. The van der Waals surface area contributed by atoms with Crippen LogP contribution in [0, 0.1) is 0 Å². The summed E-state index contributed by atoms with van der Waals surface area (Å²) in [5.41, 5.74) is 5.98. The second kappa shape index (κ2) is 4.69. The van der Waals surface area contributed by atoms with Crippen molar-refractivity contribution in [2.45, 2.75) is 6.10 Å². The van der Waals surface area contributed by atoms with Crippen molar-refractivity contribution in [3.8, 4) is 11.4 Å². The number of aromatic nitrogens is 3. The van der Waals surface area contributed by atoms with Crippen LogP contribution in [0.15, 0.2) is 27.5 Å². The zero-order valence-corrected chi connectivity index (χ0v) is 9.75. The molecular formula is C9H9BrN4O2. The van der Waals surface area contributed by atoms with Crippen LogP contribution in [0.5, 0.6) is 0 Å². The average molecular weight is 285 g/mol. The molecule has 2 rings (SSSR count). The van der Waals surface area contributed by atoms with E-state index in [9.17, 15) is 5.11 Å². The van der Waals surface area contributed by atoms with Crippen LogP contribution in [-0.2, 0) is 0 Å². The molecule has 0 aromatic carbocycles. The van der Waals surface area contributed by atoms with Gasteiger partial charge in [0.2, 0.25) is 5.82 Å². The largest absolute Gasteiger partial charge is 0.382 e. The monoisotopic (exact) mass is 284 g/mol. The van der Waals surface area contributed by atoms with Crippen molar-refractivity contribution < 1.29 is 9.63 Å². The molecule has 0 saturated carbocycles. The summed E-state index contributed by atoms with van der Waals surface area (Å²) >= 11 is 3.29. The molecule has 0 aliphatic rings. The van der Waals surface area contributed by atoms with Crippen molar-refractivity contribution in [3.63, 3.8) is 0 Å². The van der Waals surface area contributed by atoms with Crippen molar-refractivity contribution in [3.05, 3.63) is 28.8 Å². The second-order valence-corrected chi connectivity index (χ2v) is 4.02. The quantitative estimate of drug-likeness (QED) is 0.869. The van der Waals surface area contributed by atoms with E-state index < -0.39 is 6.10 Å². The molecule has 16 heavy (non-hydrogen) atoms. The fourth-order valence-corrected chi connectivity index (χ4v) is 1.49. The van der Waals surface area contributed by atoms with Crippen LogP contribution < -0.4 is 5.73 Å². The van der Waals surface area contributed by atoms with Gasteiger partial charge in [0.15, 0.2) is 0 Å². The van der Waals surface area contributed by atoms with Gasteiger partial charge < -0.3 is 15.4 Å². The number of pyridine rings is 1. The molecule has 2 aromatic rings. The molecule has 7 heteroatoms. The molecule has 3 N–H and O–H groups in total. The van der Waals surface area contributed by atoms with E-state index in [1.54, 1.807) is 18.5 Å². The lowest BCUT2D eigenvalue weighted by Crippen LogP contribution is -2.11. The number of halogens is 1. The number of aliphatic hydroxyl groups excluding tert-OH is 1. The second-order valence-electron chi connectivity index (χ2n) is 3.10. The minimum absolute atomic E-state index is 0.0400. The number of nitrogens with two attached hydrogens (primary N) is 1. The summed E-state index contributed by atoms with van der Waals surface area (Å²) in [6.45, 7) is 0.0400. The fourth-order valence-electron chi connectivity index (χ4n) is 1.12. The Morgan fingerprint density at radius 2 is 2.31 bits per heavy atom. The molecular weight excluding hydrogens is 276 g/mol. The lowest BCUT2D eigenvalue weighted by atomic mass is 10.3. The normalized spacial score (nSPS) is 12.7. The predicted molar refractivity (Wildman–Crippen MR) is 59.2 cm³/mol. The summed E-state index contributed by atoms with van der Waals surface area (Å²) in [4.78, 5) is 8.00. The Morgan fingerprint density at radius 3 is 3.00 bits per heavy atom. The van der Waals surface area contributed by atoms with E-state index in [0.29, 0.717) is 11.4 Å². The number of hydrogen-bond acceptors (Lipinski definition) is 6. The first-order valence-electron chi connectivity index (χ1n) is 4.53. The maximum absolute atomic E-state index is 9.40. The molecule has 0 spiro atoms. The van der Waals surface area contributed by atoms with Crippen molar-refractivity contribution in [1.82, 2.24) is 15.1 Å². The van der Waals surface area contributed by atoms with Crippen LogP contribution in [0.3, 0.4) is 0 Å². The summed E-state index contributed by atoms with van der Waals surface area (Å²) < 4.78 is 5.69. The molecule has 0 radical (unpaired) electrons. The van der Waals surface area contributed by atoms with E-state index in [1.807, 2.05) is 0 Å². The Balaban J connectivity index is 2.31. The van der Waals surface area contributed by atoms with Gasteiger partial charge in [-0.25, -0.2) is 0 Å². The SMILES string of the molecule is NC[C@H](O)c1nc(-c2cncc(Br)c2)no1. The van der Waals surface area contributed by atoms with Crippen LogP contribution in [0.2, 0.25) is 0 Å². The zero-order chi connectivity index (χ0) is 11.5. The molecule has 0 amide bonds. The van der Waals surface area contributed by atoms with Gasteiger partial charge in [-0.05, 0) is 22.0 Å². The van der Waals surface area contributed by atoms with Gasteiger partial charge in [0.05, 0.1) is 0 Å². The van der Waals surface area contributed by atoms with Crippen LogP contribution in [0.25, 0.3) is 11.4 Å². The smallest absolute Gasteiger partial charge is 0.257 e. The third-order valence-electron chi connectivity index (χ3n) is 1.91. The maximum atomic E-state index is 9.40. The van der Waals surface area contributed by atoms with E-state index >= 15 is 0 Å². The Kier molecular flexibility index (Phi) is 3.28. The van der Waals surface area contributed by atoms with E-state index in [-0.39, 0.29) is 12.4 Å². The van der Waals surface area contributed by atoms with Gasteiger partial charge in [-0.1, -0.05) is 5.16 Å². The Labute approximate surface area is 99.6 Å². The molecule has 0 aliphatic carbocycles. The molecule has 0 aliphatic heterocycles. The predicted octanol–water partition coefficient (Wildman–Crippen LogP) is 0.886. The van der Waals surface area contributed by atoms with E-state index in [1.165, 1.54) is 0 Å². The van der Waals surface area contributed by atoms with Gasteiger partial charge in [-0.2, -0.15) is 4.98 Å². The molecule has 84 valence electrons. The molecule has 1 atom stereocenters. The lowest BCUT2D eigenvalue weighted by molar-refractivity contribution is 0.141. The first-order valence-corrected chi connectivity index (χ1v) is 5.32. The van der Waals surface area contributed by atoms with Gasteiger partial charge >= 0.3 is 0 Å². The van der Waals surface area contributed by atoms with Crippen molar-refractivity contribution in [1.29, 1.82) is 0 Å². The molecule has 0 saturated heterocycles. The Bertz CT molecular complexity index is 488. The highest BCUT2D eigenvalue weighted by Gasteiger charge is 2.15. The van der Waals surface area contributed by atoms with Gasteiger partial charge in [0, 0.05) is 29.0 Å². The van der Waals surface area contributed by atoms with Crippen molar-refractivity contribution in [2.75, 3.05) is 6.54 Å². The highest BCUT2D eigenvalue weighted by molar-refractivity contribution is 9.10. The van der Waals surface area contributed by atoms with E-state index in [2.05, 4.69) is 31.1 Å². The zero-order valence-electron chi connectivity index (χ0n) is 8.17. The van der Waals surface area contributed by atoms with Crippen LogP contribution in [0.1, 0.15) is 12.0 Å². The fraction of sp³-hybridized carbons (Fsp3) is 0.222. The number of aliphatic hydroxyl groups is 1. The van der Waals surface area contributed by atoms with Crippen LogP contribution in [-0.4, -0.2) is 26.8 Å². The van der Waals surface area contributed by atoms with Gasteiger partial charge in [-0.15, -0.1) is 0 Å². The molecule has 6 nitrogen and oxygen atoms in total. The third-order valence-corrected chi connectivity index (χ3v) is 2.35. The first-order chi connectivity index (χ1) is 7.70. The van der Waals surface area contributed by atoms with Crippen molar-refractivity contribution >= 4 is 15.9 Å². The topological polar surface area (TPSA) is 98.1 Å². The molecule has 2 aromatic heterocycles. The molecule has 0 unspecified atom stereocenters. The third kappa shape index (κ3) is 2.26. The minimum Gasteiger partial charge on any atom is -0.382 e. The Hall–Kier alpha value is -1.31. The highest BCUT2D eigenvalue weighted by atomic mass is 79.9. The van der Waals surface area contributed by atoms with Crippen LogP contribution in [0.4, 0.5) is 0 Å². The van der Waals surface area contributed by atoms with Gasteiger partial charge in [0.25, 0.3) is 5.89 Å². The summed E-state index contributed by atoms with van der Waals surface area (Å²) in [5.74, 6) is 0.480. The summed E-state index contributed by atoms with van der Waals surface area (Å²) in [5, 5.41) is 13.1. The number of nitrogens with zero attached hydrogens (tertiary/aromatic N) is 3. The Morgan fingerprint density at radius 1 is 1.50 bits per heavy atom. The van der Waals surface area contributed by atoms with Gasteiger partial charge in [-0.3, -0.25) is 4.98 Å². The number of rotatable bonds is 3. The molecule has 0 bridgehead atoms. The lowest BCUT2D eigenvalue weighted by Gasteiger charge is -1.98. The van der Waals surface area contributed by atoms with Gasteiger partial charge in [0.1, 0.15) is 6.10 Å². The van der Waals surface area contributed by atoms with E-state index in [4.69, 9.17) is 10.3 Å². The highest BCUT2D eigenvalue weighted by Crippen LogP contribution is 2.20. The minimum atomic E-state index is -0.929. The number of hydrogen-bond donors (Lipinski definition) is 2. The summed E-state index contributed by atoms with van der Waals surface area (Å²) in [7, 11) is 0. The van der Waals surface area contributed by atoms with E-state index in [0.717, 1.165) is 4.47 Å². The standard InChI is InChI=1S/C9H9BrN4O2/c10-6-1-5(3-12-4-6)8-13-9(16-14-8)7(15)2-11/h1,3-4,7,15H,2,11H2/t7-/m0/s1. The summed E-state index contributed by atoms with van der Waals surface area (Å²) in [6.07, 6.45) is 2.33.